The molecule has 0 radical (unpaired) electrons. The second kappa shape index (κ2) is 16.4. The minimum atomic E-state index is 1.09. The molecule has 4 bridgehead atoms. The van der Waals surface area contributed by atoms with Crippen molar-refractivity contribution in [3.8, 4) is 0 Å². The fraction of sp³-hybridized carbons (Fsp3) is 0.548. The highest BCUT2D eigenvalue weighted by Gasteiger charge is 2.03. The molecule has 3 rings (SSSR count). The lowest BCUT2D eigenvalue weighted by molar-refractivity contribution is -0.696. The lowest BCUT2D eigenvalue weighted by Gasteiger charge is -2.02. The highest BCUT2D eigenvalue weighted by Crippen LogP contribution is 2.11. The van der Waals surface area contributed by atoms with Gasteiger partial charge in [-0.15, -0.1) is 0 Å². The number of allylic oxidation sites excluding steroid dienone is 4. The minimum absolute atomic E-state index is 1.09. The zero-order valence-electron chi connectivity index (χ0n) is 20.8. The first-order valence-electron chi connectivity index (χ1n) is 13.7. The second-order valence-electron chi connectivity index (χ2n) is 9.68. The van der Waals surface area contributed by atoms with Crippen LogP contribution in [0.3, 0.4) is 0 Å². The van der Waals surface area contributed by atoms with E-state index >= 15 is 0 Å². The molecule has 3 heterocycles. The molecule has 0 amide bonds. The van der Waals surface area contributed by atoms with Crippen molar-refractivity contribution in [2.24, 2.45) is 0 Å². The van der Waals surface area contributed by atoms with Crippen molar-refractivity contribution in [1.29, 1.82) is 0 Å². The topological polar surface area (TPSA) is 7.76 Å². The molecule has 33 heavy (non-hydrogen) atoms. The van der Waals surface area contributed by atoms with E-state index in [0.717, 1.165) is 25.9 Å². The van der Waals surface area contributed by atoms with Gasteiger partial charge in [0, 0.05) is 36.1 Å². The lowest BCUT2D eigenvalue weighted by Crippen LogP contribution is -2.32. The summed E-state index contributed by atoms with van der Waals surface area (Å²) in [6.45, 7) is 2.18. The van der Waals surface area contributed by atoms with Crippen LogP contribution >= 0.6 is 0 Å². The zero-order valence-corrected chi connectivity index (χ0v) is 20.8. The van der Waals surface area contributed by atoms with E-state index in [1.165, 1.54) is 94.6 Å². The standard InChI is InChI=1S/C31H46N2/c1-2-4-8-12-16-24-32-26-19-23-31(29-32)21-15-11-7-5-9-13-17-25-33-27-18-22-30(28-33)20-14-10-6-3-1/h8-9,12-13,18-19,22-23,26-29H,1-7,10-11,14-17,20-21,24-25H2/q+2/b12-8+,13-9+. The van der Waals surface area contributed by atoms with Crippen LogP contribution in [-0.4, -0.2) is 0 Å². The van der Waals surface area contributed by atoms with Crippen LogP contribution in [-0.2, 0) is 25.9 Å². The molecule has 0 saturated heterocycles. The SMILES string of the molecule is C1=C/CC[n+]2cccc(c2)CCCCC/C=C/CC[n+]2cccc(c2)CCCCCCCC/1. The van der Waals surface area contributed by atoms with Gasteiger partial charge in [0.2, 0.25) is 0 Å². The third kappa shape index (κ3) is 11.5. The van der Waals surface area contributed by atoms with E-state index in [4.69, 9.17) is 0 Å². The number of hydrogen-bond donors (Lipinski definition) is 0. The monoisotopic (exact) mass is 446 g/mol. The molecule has 1 aliphatic rings. The van der Waals surface area contributed by atoms with Crippen molar-refractivity contribution in [3.63, 3.8) is 0 Å². The van der Waals surface area contributed by atoms with Gasteiger partial charge in [-0.25, -0.2) is 9.13 Å². The van der Waals surface area contributed by atoms with Crippen LogP contribution in [0.4, 0.5) is 0 Å². The maximum absolute atomic E-state index is 2.40. The Balaban J connectivity index is 1.46. The second-order valence-corrected chi connectivity index (χ2v) is 9.68. The largest absolute Gasteiger partial charge is 0.205 e. The van der Waals surface area contributed by atoms with E-state index in [2.05, 4.69) is 82.5 Å². The van der Waals surface area contributed by atoms with Gasteiger partial charge in [0.1, 0.15) is 0 Å². The number of hydrogen-bond acceptors (Lipinski definition) is 0. The molecule has 2 nitrogen and oxygen atoms in total. The molecule has 2 heteroatoms. The normalized spacial score (nSPS) is 20.4. The molecular formula is C31H46N2+2. The molecular weight excluding hydrogens is 400 g/mol. The predicted molar refractivity (Wildman–Crippen MR) is 139 cm³/mol. The first-order chi connectivity index (χ1) is 16.4. The first-order valence-corrected chi connectivity index (χ1v) is 13.7. The van der Waals surface area contributed by atoms with E-state index in [9.17, 15) is 0 Å². The van der Waals surface area contributed by atoms with Crippen LogP contribution in [0.2, 0.25) is 0 Å². The molecule has 1 aliphatic heterocycles. The molecule has 0 N–H and O–H groups in total. The summed E-state index contributed by atoms with van der Waals surface area (Å²) in [7, 11) is 0. The Morgan fingerprint density at radius 2 is 0.879 bits per heavy atom. The van der Waals surface area contributed by atoms with Gasteiger partial charge in [0.25, 0.3) is 0 Å². The third-order valence-corrected chi connectivity index (χ3v) is 6.70. The van der Waals surface area contributed by atoms with Gasteiger partial charge >= 0.3 is 0 Å². The first kappa shape index (κ1) is 25.4. The van der Waals surface area contributed by atoms with Gasteiger partial charge in [-0.3, -0.25) is 0 Å². The molecule has 2 aromatic rings. The van der Waals surface area contributed by atoms with Crippen molar-refractivity contribution in [2.75, 3.05) is 0 Å². The molecule has 0 unspecified atom stereocenters. The average Bonchev–Trinajstić information content (AvgIpc) is 2.84. The minimum Gasteiger partial charge on any atom is -0.205 e. The van der Waals surface area contributed by atoms with Gasteiger partial charge in [0.05, 0.1) is 0 Å². The van der Waals surface area contributed by atoms with Crippen LogP contribution in [0, 0.1) is 0 Å². The van der Waals surface area contributed by atoms with Crippen LogP contribution in [0.25, 0.3) is 0 Å². The van der Waals surface area contributed by atoms with Crippen molar-refractivity contribution in [2.45, 2.75) is 109 Å². The molecule has 0 spiro atoms. The molecule has 0 aliphatic carbocycles. The van der Waals surface area contributed by atoms with Crippen LogP contribution in [0.15, 0.2) is 73.4 Å². The lowest BCUT2D eigenvalue weighted by atomic mass is 10.1. The van der Waals surface area contributed by atoms with E-state index in [1.54, 1.807) is 0 Å². The summed E-state index contributed by atoms with van der Waals surface area (Å²) >= 11 is 0. The third-order valence-electron chi connectivity index (χ3n) is 6.70. The van der Waals surface area contributed by atoms with E-state index in [0.29, 0.717) is 0 Å². The number of rotatable bonds is 0. The number of fused-ring (bicyclic) bond motifs is 4. The summed E-state index contributed by atoms with van der Waals surface area (Å²) in [5.41, 5.74) is 2.97. The number of nitrogens with zero attached hydrogens (tertiary/aromatic N) is 2. The van der Waals surface area contributed by atoms with Gasteiger partial charge in [-0.1, -0.05) is 56.4 Å². The Kier molecular flexibility index (Phi) is 12.6. The summed E-state index contributed by atoms with van der Waals surface area (Å²) < 4.78 is 4.73. The van der Waals surface area contributed by atoms with E-state index in [1.807, 2.05) is 0 Å². The Morgan fingerprint density at radius 3 is 1.42 bits per heavy atom. The smallest absolute Gasteiger partial charge is 0.171 e. The predicted octanol–water partition coefficient (Wildman–Crippen LogP) is 7.24. The zero-order chi connectivity index (χ0) is 22.8. The van der Waals surface area contributed by atoms with Crippen molar-refractivity contribution < 1.29 is 9.13 Å². The highest BCUT2D eigenvalue weighted by molar-refractivity contribution is 5.06. The maximum Gasteiger partial charge on any atom is 0.171 e. The summed E-state index contributed by atoms with van der Waals surface area (Å²) in [4.78, 5) is 0. The molecule has 0 aromatic carbocycles. The van der Waals surface area contributed by atoms with Crippen LogP contribution in [0.1, 0.15) is 94.6 Å². The molecule has 2 aromatic heterocycles. The summed E-state index contributed by atoms with van der Waals surface area (Å²) in [6.07, 6.45) is 37.9. The van der Waals surface area contributed by atoms with Crippen molar-refractivity contribution in [3.05, 3.63) is 84.5 Å². The molecule has 0 saturated carbocycles. The Morgan fingerprint density at radius 1 is 0.455 bits per heavy atom. The fourth-order valence-corrected chi connectivity index (χ4v) is 4.71. The fourth-order valence-electron chi connectivity index (χ4n) is 4.71. The van der Waals surface area contributed by atoms with Crippen molar-refractivity contribution >= 4 is 0 Å². The number of aryl methyl sites for hydroxylation is 4. The average molecular weight is 447 g/mol. The summed E-state index contributed by atoms with van der Waals surface area (Å²) in [5.74, 6) is 0. The Hall–Kier alpha value is -2.22. The maximum atomic E-state index is 2.40. The summed E-state index contributed by atoms with van der Waals surface area (Å²) in [6, 6.07) is 9.02. The van der Waals surface area contributed by atoms with Crippen molar-refractivity contribution in [1.82, 2.24) is 0 Å². The highest BCUT2D eigenvalue weighted by atomic mass is 14.9. The van der Waals surface area contributed by atoms with E-state index < -0.39 is 0 Å². The van der Waals surface area contributed by atoms with Gasteiger partial charge in [-0.05, 0) is 63.5 Å². The van der Waals surface area contributed by atoms with E-state index in [-0.39, 0.29) is 0 Å². The molecule has 0 fully saturated rings. The van der Waals surface area contributed by atoms with Gasteiger partial charge in [-0.2, -0.15) is 0 Å². The number of aromatic nitrogens is 2. The number of pyridine rings is 2. The Bertz CT molecular complexity index is 836. The van der Waals surface area contributed by atoms with Gasteiger partial charge < -0.3 is 0 Å². The molecule has 0 atom stereocenters. The van der Waals surface area contributed by atoms with Crippen LogP contribution < -0.4 is 9.13 Å². The Labute approximate surface area is 203 Å². The van der Waals surface area contributed by atoms with Crippen LogP contribution in [0.5, 0.6) is 0 Å². The molecule has 178 valence electrons. The van der Waals surface area contributed by atoms with Gasteiger partial charge in [0.15, 0.2) is 37.9 Å². The quantitative estimate of drug-likeness (QED) is 0.297. The summed E-state index contributed by atoms with van der Waals surface area (Å²) in [5, 5.41) is 0.